The Morgan fingerprint density at radius 1 is 1.23 bits per heavy atom. The van der Waals surface area contributed by atoms with Gasteiger partial charge in [-0.3, -0.25) is 9.78 Å². The molecule has 1 aromatic carbocycles. The summed E-state index contributed by atoms with van der Waals surface area (Å²) in [4.78, 5) is 22.5. The number of pyridine rings is 2. The molecule has 3 fully saturated rings. The summed E-state index contributed by atoms with van der Waals surface area (Å²) in [6, 6.07) is 17.2. The number of amides is 1. The van der Waals surface area contributed by atoms with Gasteiger partial charge in [0, 0.05) is 31.3 Å². The Balaban J connectivity index is 1.03. The Labute approximate surface area is 201 Å². The predicted molar refractivity (Wildman–Crippen MR) is 125 cm³/mol. The summed E-state index contributed by atoms with van der Waals surface area (Å²) in [6.45, 7) is 1.92. The Hall–Kier alpha value is -4.04. The molecule has 0 spiro atoms. The molecule has 0 aliphatic carbocycles. The highest BCUT2D eigenvalue weighted by atomic mass is 16.9. The highest BCUT2D eigenvalue weighted by Gasteiger charge is 2.58. The highest BCUT2D eigenvalue weighted by Crippen LogP contribution is 2.45. The second-order valence-corrected chi connectivity index (χ2v) is 8.60. The smallest absolute Gasteiger partial charge is 0.263 e. The van der Waals surface area contributed by atoms with Crippen LogP contribution in [0.15, 0.2) is 54.7 Å². The third-order valence-corrected chi connectivity index (χ3v) is 6.17. The summed E-state index contributed by atoms with van der Waals surface area (Å²) in [5, 5.41) is 15.3. The molecule has 3 saturated heterocycles. The summed E-state index contributed by atoms with van der Waals surface area (Å²) in [5.41, 5.74) is 3.46. The molecule has 7 rings (SSSR count). The van der Waals surface area contributed by atoms with Gasteiger partial charge in [0.2, 0.25) is 6.41 Å². The molecule has 35 heavy (non-hydrogen) atoms. The Morgan fingerprint density at radius 3 is 3.03 bits per heavy atom. The second-order valence-electron chi connectivity index (χ2n) is 8.60. The minimum atomic E-state index is -0.671. The third-order valence-electron chi connectivity index (χ3n) is 6.17. The van der Waals surface area contributed by atoms with Crippen LogP contribution in [0.2, 0.25) is 0 Å². The molecule has 2 aromatic heterocycles. The number of nitrogens with zero attached hydrogens (tertiary/aromatic N) is 4. The topological polar surface area (TPSA) is 122 Å². The van der Waals surface area contributed by atoms with Crippen LogP contribution in [0.5, 0.6) is 5.75 Å². The van der Waals surface area contributed by atoms with Crippen LogP contribution >= 0.6 is 0 Å². The number of anilines is 2. The van der Waals surface area contributed by atoms with Crippen LogP contribution in [0.4, 0.5) is 11.6 Å². The molecule has 6 heterocycles. The van der Waals surface area contributed by atoms with E-state index in [0.717, 1.165) is 16.8 Å². The molecule has 10 heteroatoms. The average molecular weight is 470 g/mol. The summed E-state index contributed by atoms with van der Waals surface area (Å²) in [6.07, 6.45) is 1.97. The molecular weight excluding hydrogens is 448 g/mol. The van der Waals surface area contributed by atoms with Gasteiger partial charge in [0.1, 0.15) is 5.82 Å². The molecule has 0 radical (unpaired) electrons. The van der Waals surface area contributed by atoms with Crippen molar-refractivity contribution in [1.82, 2.24) is 15.3 Å². The van der Waals surface area contributed by atoms with Crippen LogP contribution in [0.3, 0.4) is 0 Å². The first-order chi connectivity index (χ1) is 17.1. The molecular formula is C25H22N6O4. The van der Waals surface area contributed by atoms with Crippen molar-refractivity contribution in [2.75, 3.05) is 29.9 Å². The fourth-order valence-corrected chi connectivity index (χ4v) is 4.41. The lowest BCUT2D eigenvalue weighted by atomic mass is 10.1. The summed E-state index contributed by atoms with van der Waals surface area (Å²) < 4.78 is 17.4. The minimum Gasteiger partial charge on any atom is -0.480 e. The first kappa shape index (κ1) is 21.5. The number of carbonyl (C=O) groups excluding carboxylic acids is 1. The van der Waals surface area contributed by atoms with Gasteiger partial charge in [0.05, 0.1) is 23.9 Å². The fourth-order valence-electron chi connectivity index (χ4n) is 4.41. The van der Waals surface area contributed by atoms with Gasteiger partial charge >= 0.3 is 0 Å². The first-order valence-electron chi connectivity index (χ1n) is 11.3. The van der Waals surface area contributed by atoms with Crippen molar-refractivity contribution in [2.24, 2.45) is 0 Å². The van der Waals surface area contributed by atoms with Crippen molar-refractivity contribution >= 4 is 17.5 Å². The molecule has 4 aliphatic heterocycles. The van der Waals surface area contributed by atoms with Gasteiger partial charge in [-0.2, -0.15) is 5.26 Å². The van der Waals surface area contributed by atoms with Crippen LogP contribution in [-0.4, -0.2) is 47.8 Å². The normalized spacial score (nSPS) is 22.0. The molecule has 176 valence electrons. The Bertz CT molecular complexity index is 1330. The van der Waals surface area contributed by atoms with Gasteiger partial charge in [-0.15, -0.1) is 0 Å². The van der Waals surface area contributed by atoms with E-state index in [9.17, 15) is 4.79 Å². The first-order valence-corrected chi connectivity index (χ1v) is 11.3. The maximum atomic E-state index is 11.6. The minimum absolute atomic E-state index is 0.00210. The maximum Gasteiger partial charge on any atom is 0.263 e. The number of hydrogen-bond acceptors (Lipinski definition) is 9. The van der Waals surface area contributed by atoms with E-state index in [2.05, 4.69) is 26.7 Å². The van der Waals surface area contributed by atoms with E-state index in [1.807, 2.05) is 41.3 Å². The number of ether oxygens (including phenoxy) is 3. The molecule has 0 atom stereocenters. The number of rotatable bonds is 7. The van der Waals surface area contributed by atoms with Crippen molar-refractivity contribution in [3.8, 4) is 23.1 Å². The molecule has 10 nitrogen and oxygen atoms in total. The number of nitriles is 1. The van der Waals surface area contributed by atoms with Crippen LogP contribution in [0.1, 0.15) is 17.5 Å². The number of nitrogens with one attached hydrogen (secondary N) is 2. The van der Waals surface area contributed by atoms with Crippen LogP contribution in [-0.2, 0) is 20.8 Å². The quantitative estimate of drug-likeness (QED) is 0.501. The molecule has 2 bridgehead atoms. The van der Waals surface area contributed by atoms with Crippen molar-refractivity contribution in [3.63, 3.8) is 0 Å². The summed E-state index contributed by atoms with van der Waals surface area (Å²) >= 11 is 0. The predicted octanol–water partition coefficient (Wildman–Crippen LogP) is 2.37. The third kappa shape index (κ3) is 4.17. The van der Waals surface area contributed by atoms with Crippen molar-refractivity contribution in [2.45, 2.75) is 25.2 Å². The van der Waals surface area contributed by atoms with E-state index in [1.165, 1.54) is 0 Å². The van der Waals surface area contributed by atoms with Gasteiger partial charge < -0.3 is 29.7 Å². The lowest BCUT2D eigenvalue weighted by Crippen LogP contribution is -2.49. The van der Waals surface area contributed by atoms with E-state index < -0.39 is 12.2 Å². The average Bonchev–Trinajstić information content (AvgIpc) is 3.43. The van der Waals surface area contributed by atoms with Crippen LogP contribution in [0, 0.1) is 11.3 Å². The van der Waals surface area contributed by atoms with Crippen molar-refractivity contribution in [3.05, 3.63) is 65.9 Å². The Kier molecular flexibility index (Phi) is 5.30. The van der Waals surface area contributed by atoms with E-state index in [1.54, 1.807) is 18.3 Å². The summed E-state index contributed by atoms with van der Waals surface area (Å²) in [7, 11) is 0. The van der Waals surface area contributed by atoms with Crippen LogP contribution in [0.25, 0.3) is 11.3 Å². The van der Waals surface area contributed by atoms with Gasteiger partial charge in [-0.1, -0.05) is 12.1 Å². The van der Waals surface area contributed by atoms with Gasteiger partial charge in [-0.25, -0.2) is 4.98 Å². The lowest BCUT2D eigenvalue weighted by molar-refractivity contribution is -0.405. The van der Waals surface area contributed by atoms with Crippen LogP contribution < -0.4 is 20.3 Å². The number of carbonyl (C=O) groups is 1. The largest absolute Gasteiger partial charge is 0.480 e. The lowest BCUT2D eigenvalue weighted by Gasteiger charge is -2.37. The molecule has 1 amide bonds. The van der Waals surface area contributed by atoms with E-state index in [0.29, 0.717) is 49.0 Å². The van der Waals surface area contributed by atoms with E-state index in [-0.39, 0.29) is 12.5 Å². The zero-order valence-electron chi connectivity index (χ0n) is 18.7. The monoisotopic (exact) mass is 470 g/mol. The molecule has 3 aromatic rings. The van der Waals surface area contributed by atoms with E-state index in [4.69, 9.17) is 19.5 Å². The van der Waals surface area contributed by atoms with Gasteiger partial charge in [0.15, 0.2) is 24.0 Å². The number of aromatic nitrogens is 2. The summed E-state index contributed by atoms with van der Waals surface area (Å²) in [5.74, 6) is 0.736. The molecule has 2 N–H and O–H groups in total. The van der Waals surface area contributed by atoms with Gasteiger partial charge in [-0.05, 0) is 42.0 Å². The standard InChI is InChI=1S/C25H22N6O4/c26-12-16-2-1-3-18(10-16)19-11-17(6-8-28-19)13-27-9-7-25-15-31(24(34-25)35-25)21-5-4-20-23(29-21)30-22(32)14-33-20/h1-6,8,10-11,24,27H,7,9,13-15H2,(H,29,30,32). The second kappa shape index (κ2) is 8.63. The van der Waals surface area contributed by atoms with Crippen molar-refractivity contribution < 1.29 is 19.0 Å². The number of fused-ring (bicyclic) bond motifs is 2. The highest BCUT2D eigenvalue weighted by molar-refractivity contribution is 5.94. The molecule has 0 saturated carbocycles. The fraction of sp³-hybridized carbons (Fsp3) is 0.280. The molecule has 0 unspecified atom stereocenters. The van der Waals surface area contributed by atoms with Crippen molar-refractivity contribution in [1.29, 1.82) is 5.26 Å². The maximum absolute atomic E-state index is 11.6. The SMILES string of the molecule is N#Cc1cccc(-c2cc(CNCCC34CN(c5ccc6c(n5)NC(=O)CO6)C(O3)O4)ccn2)c1. The zero-order chi connectivity index (χ0) is 23.8. The van der Waals surface area contributed by atoms with E-state index >= 15 is 0 Å². The van der Waals surface area contributed by atoms with Gasteiger partial charge in [0.25, 0.3) is 5.91 Å². The Morgan fingerprint density at radius 2 is 2.14 bits per heavy atom. The molecule has 4 aliphatic rings. The zero-order valence-corrected chi connectivity index (χ0v) is 18.7. The number of hydrogen-bond donors (Lipinski definition) is 2. The number of benzene rings is 1.